The van der Waals surface area contributed by atoms with Gasteiger partial charge in [-0.15, -0.1) is 0 Å². The monoisotopic (exact) mass is 264 g/mol. The van der Waals surface area contributed by atoms with E-state index in [4.69, 9.17) is 4.42 Å². The van der Waals surface area contributed by atoms with Crippen molar-refractivity contribution in [2.24, 2.45) is 5.92 Å². The van der Waals surface area contributed by atoms with Gasteiger partial charge in [-0.1, -0.05) is 32.1 Å². The van der Waals surface area contributed by atoms with Gasteiger partial charge in [0.25, 0.3) is 0 Å². The Kier molecular flexibility index (Phi) is 5.03. The largest absolute Gasteiger partial charge is 0.446 e. The van der Waals surface area contributed by atoms with Gasteiger partial charge in [-0.25, -0.2) is 4.98 Å². The van der Waals surface area contributed by atoms with Gasteiger partial charge < -0.3 is 9.73 Å². The van der Waals surface area contributed by atoms with Crippen LogP contribution in [0.3, 0.4) is 0 Å². The summed E-state index contributed by atoms with van der Waals surface area (Å²) in [5, 5.41) is 3.46. The number of nitrogens with one attached hydrogen (secondary N) is 1. The van der Waals surface area contributed by atoms with E-state index in [0.29, 0.717) is 0 Å². The molecule has 1 aromatic rings. The molecule has 0 radical (unpaired) electrons. The molecule has 1 heterocycles. The minimum absolute atomic E-state index is 0.164. The molecule has 19 heavy (non-hydrogen) atoms. The van der Waals surface area contributed by atoms with Crippen LogP contribution in [0.15, 0.2) is 10.6 Å². The molecule has 0 aliphatic heterocycles. The Morgan fingerprint density at radius 3 is 2.68 bits per heavy atom. The second-order valence-electron chi connectivity index (χ2n) is 6.86. The van der Waals surface area contributed by atoms with Crippen LogP contribution >= 0.6 is 0 Å². The van der Waals surface area contributed by atoms with Gasteiger partial charge in [0.15, 0.2) is 5.89 Å². The molecule has 1 saturated carbocycles. The lowest BCUT2D eigenvalue weighted by molar-refractivity contribution is 0.327. The molecule has 3 nitrogen and oxygen atoms in total. The summed E-state index contributed by atoms with van der Waals surface area (Å²) < 4.78 is 5.85. The normalized spacial score (nSPS) is 17.8. The van der Waals surface area contributed by atoms with Gasteiger partial charge in [0.2, 0.25) is 0 Å². The van der Waals surface area contributed by atoms with Crippen molar-refractivity contribution in [2.45, 2.75) is 71.3 Å². The van der Waals surface area contributed by atoms with Crippen LogP contribution in [-0.4, -0.2) is 17.1 Å². The molecular weight excluding hydrogens is 236 g/mol. The highest BCUT2D eigenvalue weighted by molar-refractivity contribution is 4.96. The molecule has 0 aromatic carbocycles. The molecule has 1 N–H and O–H groups in total. The molecule has 1 aliphatic carbocycles. The summed E-state index contributed by atoms with van der Waals surface area (Å²) >= 11 is 0. The van der Waals surface area contributed by atoms with Crippen LogP contribution in [0.2, 0.25) is 0 Å². The Labute approximate surface area is 117 Å². The molecule has 2 rings (SSSR count). The highest BCUT2D eigenvalue weighted by Crippen LogP contribution is 2.26. The Balaban J connectivity index is 1.75. The van der Waals surface area contributed by atoms with E-state index in [9.17, 15) is 0 Å². The van der Waals surface area contributed by atoms with Crippen LogP contribution in [0.5, 0.6) is 0 Å². The molecule has 3 heteroatoms. The van der Waals surface area contributed by atoms with Crippen LogP contribution in [0, 0.1) is 5.92 Å². The van der Waals surface area contributed by atoms with E-state index >= 15 is 0 Å². The van der Waals surface area contributed by atoms with Crippen molar-refractivity contribution in [3.63, 3.8) is 0 Å². The van der Waals surface area contributed by atoms with Gasteiger partial charge in [0.1, 0.15) is 5.76 Å². The van der Waals surface area contributed by atoms with Gasteiger partial charge in [0.05, 0.1) is 6.20 Å². The molecular formula is C16H28N2O. The summed E-state index contributed by atoms with van der Waals surface area (Å²) in [6.45, 7) is 7.46. The molecule has 0 amide bonds. The summed E-state index contributed by atoms with van der Waals surface area (Å²) in [7, 11) is 0. The van der Waals surface area contributed by atoms with E-state index in [1.54, 1.807) is 0 Å². The standard InChI is InChI=1S/C16H28N2O/c1-16(2,3)18-10-9-15-17-12-14(19-15)11-13-7-5-4-6-8-13/h12-13,18H,4-11H2,1-3H3. The number of nitrogens with zero attached hydrogens (tertiary/aromatic N) is 1. The predicted octanol–water partition coefficient (Wildman–Crippen LogP) is 3.73. The van der Waals surface area contributed by atoms with E-state index in [-0.39, 0.29) is 5.54 Å². The number of oxazole rings is 1. The second-order valence-corrected chi connectivity index (χ2v) is 6.86. The molecule has 0 bridgehead atoms. The fraction of sp³-hybridized carbons (Fsp3) is 0.812. The van der Waals surface area contributed by atoms with Crippen LogP contribution < -0.4 is 5.32 Å². The zero-order valence-corrected chi connectivity index (χ0v) is 12.7. The Morgan fingerprint density at radius 1 is 1.26 bits per heavy atom. The van der Waals surface area contributed by atoms with Crippen molar-refractivity contribution in [3.8, 4) is 0 Å². The van der Waals surface area contributed by atoms with Crippen molar-refractivity contribution in [3.05, 3.63) is 17.8 Å². The molecule has 108 valence electrons. The van der Waals surface area contributed by atoms with Crippen molar-refractivity contribution in [1.29, 1.82) is 0 Å². The summed E-state index contributed by atoms with van der Waals surface area (Å²) in [6, 6.07) is 0. The van der Waals surface area contributed by atoms with Gasteiger partial charge in [0, 0.05) is 24.9 Å². The highest BCUT2D eigenvalue weighted by atomic mass is 16.4. The molecule has 0 spiro atoms. The van der Waals surface area contributed by atoms with Gasteiger partial charge >= 0.3 is 0 Å². The predicted molar refractivity (Wildman–Crippen MR) is 78.2 cm³/mol. The van der Waals surface area contributed by atoms with E-state index in [2.05, 4.69) is 31.1 Å². The lowest BCUT2D eigenvalue weighted by Crippen LogP contribution is -2.37. The maximum atomic E-state index is 5.85. The van der Waals surface area contributed by atoms with Crippen molar-refractivity contribution in [2.75, 3.05) is 6.54 Å². The zero-order valence-electron chi connectivity index (χ0n) is 12.7. The Hall–Kier alpha value is -0.830. The van der Waals surface area contributed by atoms with E-state index < -0.39 is 0 Å². The van der Waals surface area contributed by atoms with Crippen LogP contribution in [-0.2, 0) is 12.8 Å². The minimum Gasteiger partial charge on any atom is -0.446 e. The maximum absolute atomic E-state index is 5.85. The average Bonchev–Trinajstić information content (AvgIpc) is 2.76. The highest BCUT2D eigenvalue weighted by Gasteiger charge is 2.16. The van der Waals surface area contributed by atoms with Crippen molar-refractivity contribution in [1.82, 2.24) is 10.3 Å². The number of rotatable bonds is 5. The Bertz CT molecular complexity index is 372. The first-order valence-electron chi connectivity index (χ1n) is 7.71. The first-order chi connectivity index (χ1) is 9.03. The molecule has 0 atom stereocenters. The maximum Gasteiger partial charge on any atom is 0.195 e. The smallest absolute Gasteiger partial charge is 0.195 e. The van der Waals surface area contributed by atoms with Gasteiger partial charge in [-0.05, 0) is 26.7 Å². The van der Waals surface area contributed by atoms with Gasteiger partial charge in [-0.2, -0.15) is 0 Å². The average molecular weight is 264 g/mol. The first kappa shape index (κ1) is 14.6. The van der Waals surface area contributed by atoms with Crippen LogP contribution in [0.25, 0.3) is 0 Å². The van der Waals surface area contributed by atoms with E-state index in [1.165, 1.54) is 32.1 Å². The SMILES string of the molecule is CC(C)(C)NCCc1ncc(CC2CCCCC2)o1. The summed E-state index contributed by atoms with van der Waals surface area (Å²) in [5.74, 6) is 2.78. The third kappa shape index (κ3) is 5.35. The fourth-order valence-electron chi connectivity index (χ4n) is 2.78. The third-order valence-electron chi connectivity index (χ3n) is 3.81. The minimum atomic E-state index is 0.164. The first-order valence-corrected chi connectivity index (χ1v) is 7.71. The van der Waals surface area contributed by atoms with Gasteiger partial charge in [-0.3, -0.25) is 0 Å². The second kappa shape index (κ2) is 6.56. The number of hydrogen-bond acceptors (Lipinski definition) is 3. The van der Waals surface area contributed by atoms with Crippen LogP contribution in [0.1, 0.15) is 64.5 Å². The van der Waals surface area contributed by atoms with Crippen molar-refractivity contribution < 1.29 is 4.42 Å². The topological polar surface area (TPSA) is 38.1 Å². The third-order valence-corrected chi connectivity index (χ3v) is 3.81. The summed E-state index contributed by atoms with van der Waals surface area (Å²) in [6.07, 6.45) is 10.8. The van der Waals surface area contributed by atoms with Crippen LogP contribution in [0.4, 0.5) is 0 Å². The molecule has 1 fully saturated rings. The number of aromatic nitrogens is 1. The van der Waals surface area contributed by atoms with E-state index in [0.717, 1.165) is 37.0 Å². The lowest BCUT2D eigenvalue weighted by atomic mass is 9.86. The lowest BCUT2D eigenvalue weighted by Gasteiger charge is -2.20. The zero-order chi connectivity index (χ0) is 13.7. The molecule has 1 aliphatic rings. The van der Waals surface area contributed by atoms with Crippen molar-refractivity contribution >= 4 is 0 Å². The Morgan fingerprint density at radius 2 is 2.00 bits per heavy atom. The fourth-order valence-corrected chi connectivity index (χ4v) is 2.78. The molecule has 0 saturated heterocycles. The molecule has 1 aromatic heterocycles. The summed E-state index contributed by atoms with van der Waals surface area (Å²) in [4.78, 5) is 4.39. The van der Waals surface area contributed by atoms with E-state index in [1.807, 2.05) is 6.20 Å². The quantitative estimate of drug-likeness (QED) is 0.880. The number of hydrogen-bond donors (Lipinski definition) is 1. The molecule has 0 unspecified atom stereocenters. The summed E-state index contributed by atoms with van der Waals surface area (Å²) in [5.41, 5.74) is 0.164.